The summed E-state index contributed by atoms with van der Waals surface area (Å²) in [5.41, 5.74) is 0. The van der Waals surface area contributed by atoms with Crippen molar-refractivity contribution in [3.63, 3.8) is 0 Å². The first-order chi connectivity index (χ1) is 6.56. The predicted octanol–water partition coefficient (Wildman–Crippen LogP) is -0.402. The Balaban J connectivity index is 0.000000249. The van der Waals surface area contributed by atoms with E-state index in [0.717, 1.165) is 26.3 Å². The van der Waals surface area contributed by atoms with Crippen molar-refractivity contribution >= 4 is 10.4 Å². The van der Waals surface area contributed by atoms with Crippen LogP contribution in [0.15, 0.2) is 12.7 Å². The summed E-state index contributed by atoms with van der Waals surface area (Å²) in [5.74, 6) is 0. The molecule has 1 heterocycles. The van der Waals surface area contributed by atoms with E-state index >= 15 is 0 Å². The van der Waals surface area contributed by atoms with Crippen molar-refractivity contribution < 1.29 is 21.9 Å². The highest BCUT2D eigenvalue weighted by atomic mass is 32.3. The second-order valence-electron chi connectivity index (χ2n) is 2.36. The lowest BCUT2D eigenvalue weighted by atomic mass is 10.5. The molecule has 0 atom stereocenters. The van der Waals surface area contributed by atoms with Crippen molar-refractivity contribution in [3.8, 4) is 0 Å². The minimum atomic E-state index is -4.26. The Morgan fingerprint density at radius 3 is 2.21 bits per heavy atom. The Morgan fingerprint density at radius 1 is 1.50 bits per heavy atom. The van der Waals surface area contributed by atoms with Gasteiger partial charge in [0, 0.05) is 13.1 Å². The minimum Gasteiger partial charge on any atom is -0.379 e. The quantitative estimate of drug-likeness (QED) is 0.502. The molecule has 0 saturated carbocycles. The molecule has 0 aromatic carbocycles. The normalized spacial score (nSPS) is 16.6. The Labute approximate surface area is 83.9 Å². The van der Waals surface area contributed by atoms with Crippen molar-refractivity contribution in [3.05, 3.63) is 12.7 Å². The van der Waals surface area contributed by atoms with E-state index in [1.165, 1.54) is 6.08 Å². The van der Waals surface area contributed by atoms with Gasteiger partial charge in [-0.1, -0.05) is 6.08 Å². The molecular weight excluding hydrogens is 210 g/mol. The van der Waals surface area contributed by atoms with Gasteiger partial charge >= 0.3 is 10.4 Å². The molecule has 0 aromatic rings. The molecule has 6 nitrogen and oxygen atoms in total. The monoisotopic (exact) mass is 225 g/mol. The zero-order valence-electron chi connectivity index (χ0n) is 7.81. The molecule has 7 heteroatoms. The molecule has 0 amide bonds. The number of hydrogen-bond acceptors (Lipinski definition) is 5. The van der Waals surface area contributed by atoms with Crippen LogP contribution in [-0.4, -0.2) is 45.9 Å². The first kappa shape index (κ1) is 13.5. The lowest BCUT2D eigenvalue weighted by molar-refractivity contribution is 0.109. The van der Waals surface area contributed by atoms with Gasteiger partial charge in [0.1, 0.15) is 0 Å². The van der Waals surface area contributed by atoms with Crippen LogP contribution in [0.3, 0.4) is 0 Å². The van der Waals surface area contributed by atoms with E-state index in [1.54, 1.807) is 0 Å². The van der Waals surface area contributed by atoms with Crippen molar-refractivity contribution in [2.24, 2.45) is 0 Å². The summed E-state index contributed by atoms with van der Waals surface area (Å²) < 4.78 is 36.0. The molecule has 0 bridgehead atoms. The van der Waals surface area contributed by atoms with Crippen molar-refractivity contribution in [1.82, 2.24) is 5.32 Å². The standard InChI is InChI=1S/C4H9NO.C3H6O4S/c1-3-6-4-2-5-1;1-2-3-7-8(4,5)6/h5H,1-4H2;2H,1,3H2,(H,4,5,6). The molecular formula is C7H15NO5S. The van der Waals surface area contributed by atoms with Crippen LogP contribution in [-0.2, 0) is 19.3 Å². The van der Waals surface area contributed by atoms with Gasteiger partial charge in [0.05, 0.1) is 19.8 Å². The minimum absolute atomic E-state index is 0.196. The summed E-state index contributed by atoms with van der Waals surface area (Å²) in [6, 6.07) is 0. The molecule has 1 aliphatic heterocycles. The highest BCUT2D eigenvalue weighted by Crippen LogP contribution is 1.83. The van der Waals surface area contributed by atoms with Gasteiger partial charge < -0.3 is 10.1 Å². The largest absolute Gasteiger partial charge is 0.397 e. The van der Waals surface area contributed by atoms with Crippen molar-refractivity contribution in [2.75, 3.05) is 32.9 Å². The molecule has 14 heavy (non-hydrogen) atoms. The molecule has 0 aromatic heterocycles. The highest BCUT2D eigenvalue weighted by Gasteiger charge is 1.99. The maximum atomic E-state index is 9.68. The van der Waals surface area contributed by atoms with Crippen LogP contribution < -0.4 is 5.32 Å². The van der Waals surface area contributed by atoms with Gasteiger partial charge in [-0.2, -0.15) is 8.42 Å². The Bertz CT molecular complexity index is 223. The second kappa shape index (κ2) is 7.89. The summed E-state index contributed by atoms with van der Waals surface area (Å²) in [6.07, 6.45) is 1.22. The summed E-state index contributed by atoms with van der Waals surface area (Å²) in [6.45, 7) is 6.80. The van der Waals surface area contributed by atoms with Gasteiger partial charge in [0.2, 0.25) is 0 Å². The topological polar surface area (TPSA) is 84.9 Å². The number of hydrogen-bond donors (Lipinski definition) is 2. The number of ether oxygens (including phenoxy) is 1. The van der Waals surface area contributed by atoms with E-state index in [-0.39, 0.29) is 6.61 Å². The van der Waals surface area contributed by atoms with E-state index in [9.17, 15) is 8.42 Å². The molecule has 1 aliphatic rings. The first-order valence-electron chi connectivity index (χ1n) is 4.07. The molecule has 0 radical (unpaired) electrons. The summed E-state index contributed by atoms with van der Waals surface area (Å²) in [4.78, 5) is 0. The van der Waals surface area contributed by atoms with Crippen LogP contribution in [0.2, 0.25) is 0 Å². The van der Waals surface area contributed by atoms with Crippen LogP contribution in [0.1, 0.15) is 0 Å². The molecule has 0 aliphatic carbocycles. The fraction of sp³-hybridized carbons (Fsp3) is 0.714. The maximum absolute atomic E-state index is 9.68. The van der Waals surface area contributed by atoms with Gasteiger partial charge in [-0.25, -0.2) is 4.18 Å². The maximum Gasteiger partial charge on any atom is 0.397 e. The third kappa shape index (κ3) is 11.5. The lowest BCUT2D eigenvalue weighted by Crippen LogP contribution is -2.30. The molecule has 1 saturated heterocycles. The van der Waals surface area contributed by atoms with Gasteiger partial charge in [0.25, 0.3) is 0 Å². The number of nitrogens with one attached hydrogen (secondary N) is 1. The molecule has 1 rings (SSSR count). The Hall–Kier alpha value is -0.470. The highest BCUT2D eigenvalue weighted by molar-refractivity contribution is 7.80. The van der Waals surface area contributed by atoms with E-state index < -0.39 is 10.4 Å². The van der Waals surface area contributed by atoms with Crippen molar-refractivity contribution in [2.45, 2.75) is 0 Å². The van der Waals surface area contributed by atoms with E-state index in [1.807, 2.05) is 0 Å². The summed E-state index contributed by atoms with van der Waals surface area (Å²) in [5, 5.41) is 3.16. The molecule has 84 valence electrons. The van der Waals surface area contributed by atoms with E-state index in [2.05, 4.69) is 16.1 Å². The Morgan fingerprint density at radius 2 is 2.07 bits per heavy atom. The molecule has 0 spiro atoms. The third-order valence-corrected chi connectivity index (χ3v) is 1.62. The number of morpholine rings is 1. The summed E-state index contributed by atoms with van der Waals surface area (Å²) >= 11 is 0. The zero-order chi connectivity index (χ0) is 10.9. The van der Waals surface area contributed by atoms with Gasteiger partial charge in [-0.15, -0.1) is 6.58 Å². The van der Waals surface area contributed by atoms with Crippen LogP contribution in [0.5, 0.6) is 0 Å². The fourth-order valence-corrected chi connectivity index (χ4v) is 0.918. The molecule has 1 fully saturated rings. The van der Waals surface area contributed by atoms with E-state index in [0.29, 0.717) is 0 Å². The molecule has 2 N–H and O–H groups in total. The van der Waals surface area contributed by atoms with Crippen LogP contribution in [0.4, 0.5) is 0 Å². The first-order valence-corrected chi connectivity index (χ1v) is 5.44. The fourth-order valence-electron chi connectivity index (χ4n) is 0.650. The Kier molecular flexibility index (Phi) is 7.63. The average Bonchev–Trinajstić information content (AvgIpc) is 2.17. The van der Waals surface area contributed by atoms with Crippen LogP contribution in [0, 0.1) is 0 Å². The van der Waals surface area contributed by atoms with Gasteiger partial charge in [-0.05, 0) is 0 Å². The molecule has 0 unspecified atom stereocenters. The van der Waals surface area contributed by atoms with E-state index in [4.69, 9.17) is 9.29 Å². The van der Waals surface area contributed by atoms with Crippen LogP contribution in [0.25, 0.3) is 0 Å². The predicted molar refractivity (Wildman–Crippen MR) is 51.4 cm³/mol. The number of rotatable bonds is 3. The van der Waals surface area contributed by atoms with Crippen molar-refractivity contribution in [1.29, 1.82) is 0 Å². The van der Waals surface area contributed by atoms with Crippen LogP contribution >= 0.6 is 0 Å². The van der Waals surface area contributed by atoms with Gasteiger partial charge in [-0.3, -0.25) is 4.55 Å². The SMILES string of the molecule is C1COCCN1.C=CCOS(=O)(=O)O. The average molecular weight is 225 g/mol. The zero-order valence-corrected chi connectivity index (χ0v) is 8.62. The lowest BCUT2D eigenvalue weighted by Gasteiger charge is -2.10. The second-order valence-corrected chi connectivity index (χ2v) is 3.45. The van der Waals surface area contributed by atoms with Gasteiger partial charge in [0.15, 0.2) is 0 Å². The third-order valence-electron chi connectivity index (χ3n) is 1.18. The smallest absolute Gasteiger partial charge is 0.379 e. The summed E-state index contributed by atoms with van der Waals surface area (Å²) in [7, 11) is -4.26.